The van der Waals surface area contributed by atoms with E-state index in [1.165, 1.54) is 12.1 Å². The van der Waals surface area contributed by atoms with Crippen molar-refractivity contribution < 1.29 is 13.9 Å². The molecule has 0 aliphatic heterocycles. The Balaban J connectivity index is 2.39. The molecule has 124 valence electrons. The van der Waals surface area contributed by atoms with Crippen LogP contribution in [0.4, 0.5) is 4.39 Å². The first-order chi connectivity index (χ1) is 11.5. The number of esters is 1. The van der Waals surface area contributed by atoms with Crippen LogP contribution in [-0.2, 0) is 4.74 Å². The lowest BCUT2D eigenvalue weighted by atomic mass is 9.96. The highest BCUT2D eigenvalue weighted by atomic mass is 19.1. The summed E-state index contributed by atoms with van der Waals surface area (Å²) in [4.78, 5) is 12.7. The topological polar surface area (TPSA) is 30.7 Å². The van der Waals surface area contributed by atoms with Gasteiger partial charge in [0.15, 0.2) is 0 Å². The van der Waals surface area contributed by atoms with Gasteiger partial charge in [0.05, 0.1) is 17.9 Å². The van der Waals surface area contributed by atoms with E-state index in [2.05, 4.69) is 13.8 Å². The quantitative estimate of drug-likeness (QED) is 0.629. The molecule has 3 aromatic rings. The van der Waals surface area contributed by atoms with Crippen LogP contribution in [0.2, 0.25) is 0 Å². The van der Waals surface area contributed by atoms with Crippen molar-refractivity contribution in [1.29, 1.82) is 0 Å². The third kappa shape index (κ3) is 2.68. The molecule has 0 unspecified atom stereocenters. The van der Waals surface area contributed by atoms with E-state index in [1.54, 1.807) is 19.1 Å². The SMILES string of the molecule is CCOC(=O)c1c(C(C)C)c2ccccn2c1-c1ccc(F)cc1. The monoisotopic (exact) mass is 325 g/mol. The van der Waals surface area contributed by atoms with Gasteiger partial charge in [-0.05, 0) is 60.4 Å². The number of nitrogens with zero attached hydrogens (tertiary/aromatic N) is 1. The summed E-state index contributed by atoms with van der Waals surface area (Å²) in [6, 6.07) is 12.0. The zero-order valence-corrected chi connectivity index (χ0v) is 14.0. The Morgan fingerprint density at radius 3 is 2.50 bits per heavy atom. The lowest BCUT2D eigenvalue weighted by Gasteiger charge is -2.09. The summed E-state index contributed by atoms with van der Waals surface area (Å²) in [5.74, 6) is -0.499. The molecule has 0 spiro atoms. The van der Waals surface area contributed by atoms with Crippen LogP contribution in [0.25, 0.3) is 16.8 Å². The fourth-order valence-corrected chi connectivity index (χ4v) is 3.12. The predicted molar refractivity (Wildman–Crippen MR) is 92.8 cm³/mol. The number of pyridine rings is 1. The number of halogens is 1. The number of fused-ring (bicyclic) bond motifs is 1. The smallest absolute Gasteiger partial charge is 0.340 e. The number of carbonyl (C=O) groups is 1. The lowest BCUT2D eigenvalue weighted by molar-refractivity contribution is 0.0526. The van der Waals surface area contributed by atoms with Gasteiger partial charge in [-0.3, -0.25) is 0 Å². The number of aromatic nitrogens is 1. The maximum Gasteiger partial charge on any atom is 0.340 e. The average Bonchev–Trinajstić information content (AvgIpc) is 2.91. The first-order valence-electron chi connectivity index (χ1n) is 8.10. The Hall–Kier alpha value is -2.62. The predicted octanol–water partition coefficient (Wildman–Crippen LogP) is 5.05. The van der Waals surface area contributed by atoms with Gasteiger partial charge in [0.25, 0.3) is 0 Å². The van der Waals surface area contributed by atoms with Crippen molar-refractivity contribution in [2.75, 3.05) is 6.61 Å². The minimum Gasteiger partial charge on any atom is -0.462 e. The number of hydrogen-bond donors (Lipinski definition) is 0. The van der Waals surface area contributed by atoms with Crippen molar-refractivity contribution in [2.24, 2.45) is 0 Å². The van der Waals surface area contributed by atoms with Crippen LogP contribution < -0.4 is 0 Å². The fraction of sp³-hybridized carbons (Fsp3) is 0.250. The van der Waals surface area contributed by atoms with E-state index in [1.807, 2.05) is 28.8 Å². The Kier molecular flexibility index (Phi) is 4.38. The van der Waals surface area contributed by atoms with Crippen molar-refractivity contribution in [3.8, 4) is 11.3 Å². The molecule has 24 heavy (non-hydrogen) atoms. The van der Waals surface area contributed by atoms with Gasteiger partial charge < -0.3 is 9.14 Å². The van der Waals surface area contributed by atoms with Crippen LogP contribution in [0.15, 0.2) is 48.7 Å². The van der Waals surface area contributed by atoms with Gasteiger partial charge in [-0.15, -0.1) is 0 Å². The molecule has 3 rings (SSSR count). The summed E-state index contributed by atoms with van der Waals surface area (Å²) in [6.45, 7) is 6.21. The van der Waals surface area contributed by atoms with E-state index >= 15 is 0 Å². The number of rotatable bonds is 4. The third-order valence-corrected chi connectivity index (χ3v) is 4.06. The Morgan fingerprint density at radius 1 is 1.17 bits per heavy atom. The maximum atomic E-state index is 13.3. The first kappa shape index (κ1) is 16.2. The number of ether oxygens (including phenoxy) is 1. The minimum atomic E-state index is -0.343. The second kappa shape index (κ2) is 6.48. The highest BCUT2D eigenvalue weighted by molar-refractivity contribution is 6.01. The van der Waals surface area contributed by atoms with E-state index in [0.29, 0.717) is 12.2 Å². The molecule has 2 heterocycles. The van der Waals surface area contributed by atoms with Gasteiger partial charge in [-0.2, -0.15) is 0 Å². The summed E-state index contributed by atoms with van der Waals surface area (Å²) < 4.78 is 20.6. The molecular weight excluding hydrogens is 305 g/mol. The first-order valence-corrected chi connectivity index (χ1v) is 8.10. The van der Waals surface area contributed by atoms with Crippen molar-refractivity contribution in [2.45, 2.75) is 26.7 Å². The van der Waals surface area contributed by atoms with Crippen molar-refractivity contribution in [3.05, 3.63) is 65.6 Å². The zero-order valence-electron chi connectivity index (χ0n) is 14.0. The van der Waals surface area contributed by atoms with Gasteiger partial charge in [0.2, 0.25) is 0 Å². The van der Waals surface area contributed by atoms with E-state index < -0.39 is 0 Å². The molecule has 0 aliphatic rings. The van der Waals surface area contributed by atoms with Crippen LogP contribution in [0.3, 0.4) is 0 Å². The maximum absolute atomic E-state index is 13.3. The molecule has 2 aromatic heterocycles. The van der Waals surface area contributed by atoms with E-state index in [4.69, 9.17) is 4.74 Å². The van der Waals surface area contributed by atoms with Crippen LogP contribution in [0.1, 0.15) is 42.6 Å². The molecule has 0 fully saturated rings. The van der Waals surface area contributed by atoms with Gasteiger partial charge in [0.1, 0.15) is 5.82 Å². The highest BCUT2D eigenvalue weighted by Gasteiger charge is 2.27. The summed E-state index contributed by atoms with van der Waals surface area (Å²) in [7, 11) is 0. The summed E-state index contributed by atoms with van der Waals surface area (Å²) in [5.41, 5.74) is 4.01. The normalized spacial score (nSPS) is 11.2. The van der Waals surface area contributed by atoms with Crippen molar-refractivity contribution in [3.63, 3.8) is 0 Å². The highest BCUT2D eigenvalue weighted by Crippen LogP contribution is 2.36. The molecule has 0 bridgehead atoms. The molecule has 3 nitrogen and oxygen atoms in total. The Bertz CT molecular complexity index is 879. The van der Waals surface area contributed by atoms with Gasteiger partial charge in [0, 0.05) is 11.7 Å². The third-order valence-electron chi connectivity index (χ3n) is 4.06. The zero-order chi connectivity index (χ0) is 17.3. The molecular formula is C20H20FNO2. The number of hydrogen-bond acceptors (Lipinski definition) is 2. The molecule has 0 amide bonds. The standard InChI is InChI=1S/C20H20FNO2/c1-4-24-20(23)18-17(13(2)3)16-7-5-6-12-22(16)19(18)14-8-10-15(21)11-9-14/h5-13H,4H2,1-3H3. The van der Waals surface area contributed by atoms with Crippen molar-refractivity contribution >= 4 is 11.5 Å². The molecule has 0 radical (unpaired) electrons. The Labute approximate surface area is 140 Å². The van der Waals surface area contributed by atoms with E-state index in [9.17, 15) is 9.18 Å². The van der Waals surface area contributed by atoms with Crippen LogP contribution in [-0.4, -0.2) is 17.0 Å². The summed E-state index contributed by atoms with van der Waals surface area (Å²) in [5, 5.41) is 0. The molecule has 1 aromatic carbocycles. The lowest BCUT2D eigenvalue weighted by Crippen LogP contribution is -2.09. The number of carbonyl (C=O) groups excluding carboxylic acids is 1. The van der Waals surface area contributed by atoms with Gasteiger partial charge in [-0.25, -0.2) is 9.18 Å². The second-order valence-corrected chi connectivity index (χ2v) is 5.98. The molecule has 0 atom stereocenters. The Morgan fingerprint density at radius 2 is 1.88 bits per heavy atom. The molecule has 4 heteroatoms. The van der Waals surface area contributed by atoms with E-state index in [0.717, 1.165) is 22.3 Å². The van der Waals surface area contributed by atoms with Crippen molar-refractivity contribution in [1.82, 2.24) is 4.40 Å². The van der Waals surface area contributed by atoms with Gasteiger partial charge in [-0.1, -0.05) is 19.9 Å². The largest absolute Gasteiger partial charge is 0.462 e. The minimum absolute atomic E-state index is 0.149. The fourth-order valence-electron chi connectivity index (χ4n) is 3.12. The second-order valence-electron chi connectivity index (χ2n) is 5.98. The molecule has 0 saturated heterocycles. The molecule has 0 aliphatic carbocycles. The van der Waals surface area contributed by atoms with Crippen LogP contribution >= 0.6 is 0 Å². The number of benzene rings is 1. The summed E-state index contributed by atoms with van der Waals surface area (Å²) >= 11 is 0. The summed E-state index contributed by atoms with van der Waals surface area (Å²) in [6.07, 6.45) is 1.92. The molecule has 0 N–H and O–H groups in total. The van der Waals surface area contributed by atoms with Crippen LogP contribution in [0, 0.1) is 5.82 Å². The average molecular weight is 325 g/mol. The van der Waals surface area contributed by atoms with Gasteiger partial charge >= 0.3 is 5.97 Å². The van der Waals surface area contributed by atoms with E-state index in [-0.39, 0.29) is 17.7 Å². The molecule has 0 saturated carbocycles. The van der Waals surface area contributed by atoms with Crippen LogP contribution in [0.5, 0.6) is 0 Å².